The topological polar surface area (TPSA) is 36.9 Å². The van der Waals surface area contributed by atoms with Gasteiger partial charge in [-0.3, -0.25) is 0 Å². The maximum atomic E-state index is 5.43. The van der Waals surface area contributed by atoms with Gasteiger partial charge in [0.05, 0.1) is 14.2 Å². The van der Waals surface area contributed by atoms with Crippen molar-refractivity contribution in [3.8, 4) is 23.3 Å². The highest BCUT2D eigenvalue weighted by Crippen LogP contribution is 2.37. The van der Waals surface area contributed by atoms with E-state index in [4.69, 9.17) is 19.2 Å². The minimum atomic E-state index is -0.257. The summed E-state index contributed by atoms with van der Waals surface area (Å²) in [4.78, 5) is 10.8. The Kier molecular flexibility index (Phi) is 4.82. The molecule has 2 atom stereocenters. The van der Waals surface area contributed by atoms with Crippen molar-refractivity contribution in [3.63, 3.8) is 0 Å². The quantitative estimate of drug-likeness (QED) is 0.642. The molecule has 0 aromatic heterocycles. The van der Waals surface area contributed by atoms with Crippen molar-refractivity contribution in [2.45, 2.75) is 18.6 Å². The summed E-state index contributed by atoms with van der Waals surface area (Å²) in [5.41, 5.74) is 1.89. The molecular formula is C19H18O4. The fraction of sp³-hybridized carbons (Fsp3) is 0.263. The van der Waals surface area contributed by atoms with Gasteiger partial charge < -0.3 is 9.47 Å². The summed E-state index contributed by atoms with van der Waals surface area (Å²) in [6, 6.07) is 15.5. The molecule has 1 saturated heterocycles. The molecule has 1 aliphatic heterocycles. The van der Waals surface area contributed by atoms with Crippen molar-refractivity contribution in [3.05, 3.63) is 59.7 Å². The molecule has 0 N–H and O–H groups in total. The predicted octanol–water partition coefficient (Wildman–Crippen LogP) is 3.52. The van der Waals surface area contributed by atoms with Gasteiger partial charge in [-0.1, -0.05) is 30.0 Å². The van der Waals surface area contributed by atoms with Crippen LogP contribution in [0.25, 0.3) is 0 Å². The van der Waals surface area contributed by atoms with Gasteiger partial charge in [0.15, 0.2) is 6.10 Å². The largest absolute Gasteiger partial charge is 0.497 e. The van der Waals surface area contributed by atoms with Gasteiger partial charge in [-0.25, -0.2) is 9.78 Å². The highest BCUT2D eigenvalue weighted by Gasteiger charge is 2.30. The molecule has 0 spiro atoms. The second-order valence-electron chi connectivity index (χ2n) is 5.15. The van der Waals surface area contributed by atoms with E-state index in [1.165, 1.54) is 0 Å². The van der Waals surface area contributed by atoms with Gasteiger partial charge in [-0.05, 0) is 24.3 Å². The molecule has 2 aromatic carbocycles. The molecular weight excluding hydrogens is 292 g/mol. The Morgan fingerprint density at radius 2 is 1.83 bits per heavy atom. The van der Waals surface area contributed by atoms with E-state index in [-0.39, 0.29) is 12.2 Å². The molecule has 4 nitrogen and oxygen atoms in total. The second kappa shape index (κ2) is 7.19. The first-order valence-corrected chi connectivity index (χ1v) is 7.41. The molecule has 0 radical (unpaired) electrons. The summed E-state index contributed by atoms with van der Waals surface area (Å²) in [7, 11) is 3.25. The molecule has 0 saturated carbocycles. The van der Waals surface area contributed by atoms with Crippen LogP contribution in [0.15, 0.2) is 48.5 Å². The fourth-order valence-corrected chi connectivity index (χ4v) is 2.44. The number of hydrogen-bond acceptors (Lipinski definition) is 4. The summed E-state index contributed by atoms with van der Waals surface area (Å²) in [5.74, 6) is 7.65. The lowest BCUT2D eigenvalue weighted by molar-refractivity contribution is -0.289. The zero-order valence-corrected chi connectivity index (χ0v) is 13.1. The Balaban J connectivity index is 1.72. The van der Waals surface area contributed by atoms with Crippen molar-refractivity contribution in [1.29, 1.82) is 0 Å². The van der Waals surface area contributed by atoms with Gasteiger partial charge in [0, 0.05) is 23.6 Å². The third kappa shape index (κ3) is 3.65. The molecule has 118 valence electrons. The number of rotatable bonds is 3. The van der Waals surface area contributed by atoms with E-state index in [0.717, 1.165) is 22.6 Å². The lowest BCUT2D eigenvalue weighted by Gasteiger charge is -2.13. The minimum Gasteiger partial charge on any atom is -0.497 e. The maximum Gasteiger partial charge on any atom is 0.156 e. The Hall–Kier alpha value is -2.48. The minimum absolute atomic E-state index is 0.203. The van der Waals surface area contributed by atoms with Crippen LogP contribution in [0.3, 0.4) is 0 Å². The number of methoxy groups -OCH3 is 2. The van der Waals surface area contributed by atoms with E-state index < -0.39 is 0 Å². The van der Waals surface area contributed by atoms with Gasteiger partial charge in [-0.15, -0.1) is 0 Å². The van der Waals surface area contributed by atoms with Crippen LogP contribution in [0.4, 0.5) is 0 Å². The van der Waals surface area contributed by atoms with E-state index in [9.17, 15) is 0 Å². The average molecular weight is 310 g/mol. The van der Waals surface area contributed by atoms with Gasteiger partial charge in [-0.2, -0.15) is 0 Å². The maximum absolute atomic E-state index is 5.43. The number of hydrogen-bond donors (Lipinski definition) is 0. The second-order valence-corrected chi connectivity index (χ2v) is 5.15. The first-order chi connectivity index (χ1) is 11.3. The first kappa shape index (κ1) is 15.4. The van der Waals surface area contributed by atoms with E-state index >= 15 is 0 Å². The van der Waals surface area contributed by atoms with E-state index in [0.29, 0.717) is 6.42 Å². The molecule has 0 unspecified atom stereocenters. The van der Waals surface area contributed by atoms with Crippen LogP contribution in [0.5, 0.6) is 11.5 Å². The zero-order valence-electron chi connectivity index (χ0n) is 13.1. The van der Waals surface area contributed by atoms with E-state index in [1.54, 1.807) is 14.2 Å². The highest BCUT2D eigenvalue weighted by atomic mass is 17.2. The van der Waals surface area contributed by atoms with Crippen molar-refractivity contribution in [1.82, 2.24) is 0 Å². The predicted molar refractivity (Wildman–Crippen MR) is 86.2 cm³/mol. The zero-order chi connectivity index (χ0) is 16.1. The smallest absolute Gasteiger partial charge is 0.156 e. The summed E-state index contributed by atoms with van der Waals surface area (Å²) in [6.07, 6.45) is 0.195. The lowest BCUT2D eigenvalue weighted by atomic mass is 10.0. The molecule has 23 heavy (non-hydrogen) atoms. The van der Waals surface area contributed by atoms with Crippen LogP contribution < -0.4 is 9.47 Å². The molecule has 2 aromatic rings. The lowest BCUT2D eigenvalue weighted by Crippen LogP contribution is -2.02. The van der Waals surface area contributed by atoms with Crippen molar-refractivity contribution < 1.29 is 19.2 Å². The number of benzene rings is 2. The SMILES string of the molecule is COc1ccc([C@H]2C[C@@H](C#Cc3ccccc3)OO2)c(OC)c1. The van der Waals surface area contributed by atoms with E-state index in [2.05, 4.69) is 11.8 Å². The van der Waals surface area contributed by atoms with Gasteiger partial charge in [0.25, 0.3) is 0 Å². The van der Waals surface area contributed by atoms with Crippen LogP contribution in [0, 0.1) is 11.8 Å². The molecule has 0 aliphatic carbocycles. The Morgan fingerprint density at radius 3 is 2.57 bits per heavy atom. The fourth-order valence-electron chi connectivity index (χ4n) is 2.44. The van der Waals surface area contributed by atoms with Crippen molar-refractivity contribution >= 4 is 0 Å². The van der Waals surface area contributed by atoms with Crippen LogP contribution >= 0.6 is 0 Å². The van der Waals surface area contributed by atoms with Crippen LogP contribution in [0.1, 0.15) is 23.7 Å². The standard InChI is InChI=1S/C19H18O4/c1-20-15-10-11-17(18(12-15)21-2)19-13-16(22-23-19)9-8-14-6-4-3-5-7-14/h3-7,10-12,16,19H,13H2,1-2H3/t16-,19-/m1/s1. The normalized spacial score (nSPS) is 19.7. The molecule has 4 heteroatoms. The van der Waals surface area contributed by atoms with E-state index in [1.807, 2.05) is 48.5 Å². The molecule has 3 rings (SSSR count). The molecule has 1 aliphatic rings. The van der Waals surface area contributed by atoms with Crippen LogP contribution in [0.2, 0.25) is 0 Å². The third-order valence-corrected chi connectivity index (χ3v) is 3.65. The monoisotopic (exact) mass is 310 g/mol. The highest BCUT2D eigenvalue weighted by molar-refractivity contribution is 5.42. The van der Waals surface area contributed by atoms with Gasteiger partial charge >= 0.3 is 0 Å². The third-order valence-electron chi connectivity index (χ3n) is 3.65. The molecule has 1 heterocycles. The van der Waals surface area contributed by atoms with Crippen molar-refractivity contribution in [2.24, 2.45) is 0 Å². The Morgan fingerprint density at radius 1 is 1.00 bits per heavy atom. The van der Waals surface area contributed by atoms with Crippen LogP contribution in [-0.4, -0.2) is 20.3 Å². The Labute approximate surface area is 135 Å². The van der Waals surface area contributed by atoms with Gasteiger partial charge in [0.2, 0.25) is 0 Å². The average Bonchev–Trinajstić information content (AvgIpc) is 3.09. The molecule has 0 bridgehead atoms. The summed E-state index contributed by atoms with van der Waals surface area (Å²) in [6.45, 7) is 0. The van der Waals surface area contributed by atoms with Gasteiger partial charge in [0.1, 0.15) is 17.6 Å². The molecule has 1 fully saturated rings. The van der Waals surface area contributed by atoms with Crippen LogP contribution in [-0.2, 0) is 9.78 Å². The summed E-state index contributed by atoms with van der Waals surface area (Å²) in [5, 5.41) is 0. The number of ether oxygens (including phenoxy) is 2. The first-order valence-electron chi connectivity index (χ1n) is 7.41. The summed E-state index contributed by atoms with van der Waals surface area (Å²) >= 11 is 0. The van der Waals surface area contributed by atoms with Crippen molar-refractivity contribution in [2.75, 3.05) is 14.2 Å². The molecule has 0 amide bonds. The Bertz CT molecular complexity index is 715. The summed E-state index contributed by atoms with van der Waals surface area (Å²) < 4.78 is 10.6.